The van der Waals surface area contributed by atoms with E-state index >= 15 is 0 Å². The Balaban J connectivity index is 1.88. The van der Waals surface area contributed by atoms with Crippen molar-refractivity contribution in [2.24, 2.45) is 0 Å². The molecule has 1 atom stereocenters. The molecule has 0 saturated heterocycles. The molecule has 0 saturated carbocycles. The van der Waals surface area contributed by atoms with E-state index in [1.807, 2.05) is 37.3 Å². The Labute approximate surface area is 127 Å². The summed E-state index contributed by atoms with van der Waals surface area (Å²) in [7, 11) is 0. The second-order valence-corrected chi connectivity index (χ2v) is 4.74. The molecule has 1 N–H and O–H groups in total. The molecular weight excluding hydrogens is 284 g/mol. The summed E-state index contributed by atoms with van der Waals surface area (Å²) in [5, 5.41) is 13.5. The first-order valence-electron chi connectivity index (χ1n) is 6.78. The number of carbonyl (C=O) groups is 1. The number of nitrogens with one attached hydrogen (secondary N) is 1. The summed E-state index contributed by atoms with van der Waals surface area (Å²) in [5.74, 6) is -0.000395. The average molecular weight is 300 g/mol. The molecule has 0 aliphatic carbocycles. The minimum Gasteiger partial charge on any atom is -0.484 e. The minimum absolute atomic E-state index is 0.0736. The standard InChI is InChI=1S/C16H16N2O4/c1-12(13-6-3-2-4-7-13)17-16(19)11-22-15-9-5-8-14(10-15)18(20)21/h2-10,12H,11H2,1H3,(H,17,19)/t12-/m0/s1. The monoisotopic (exact) mass is 300 g/mol. The van der Waals surface area contributed by atoms with Crippen molar-refractivity contribution in [3.63, 3.8) is 0 Å². The molecule has 22 heavy (non-hydrogen) atoms. The predicted molar refractivity (Wildman–Crippen MR) is 81.6 cm³/mol. The normalized spacial score (nSPS) is 11.5. The first-order valence-corrected chi connectivity index (χ1v) is 6.78. The number of hydrogen-bond acceptors (Lipinski definition) is 4. The lowest BCUT2D eigenvalue weighted by molar-refractivity contribution is -0.384. The van der Waals surface area contributed by atoms with Gasteiger partial charge in [-0.3, -0.25) is 14.9 Å². The highest BCUT2D eigenvalue weighted by Gasteiger charge is 2.11. The number of nitro benzene ring substituents is 1. The fourth-order valence-electron chi connectivity index (χ4n) is 1.94. The fourth-order valence-corrected chi connectivity index (χ4v) is 1.94. The van der Waals surface area contributed by atoms with Crippen LogP contribution in [0.2, 0.25) is 0 Å². The molecular formula is C16H16N2O4. The third kappa shape index (κ3) is 4.31. The third-order valence-corrected chi connectivity index (χ3v) is 3.08. The van der Waals surface area contributed by atoms with Crippen LogP contribution >= 0.6 is 0 Å². The van der Waals surface area contributed by atoms with Gasteiger partial charge in [0, 0.05) is 6.07 Å². The molecule has 1 amide bonds. The van der Waals surface area contributed by atoms with Crippen LogP contribution in [-0.4, -0.2) is 17.4 Å². The molecule has 6 nitrogen and oxygen atoms in total. The van der Waals surface area contributed by atoms with Crippen LogP contribution < -0.4 is 10.1 Å². The zero-order chi connectivity index (χ0) is 15.9. The second kappa shape index (κ2) is 7.21. The maximum absolute atomic E-state index is 11.8. The lowest BCUT2D eigenvalue weighted by atomic mass is 10.1. The van der Waals surface area contributed by atoms with Gasteiger partial charge in [0.15, 0.2) is 6.61 Å². The summed E-state index contributed by atoms with van der Waals surface area (Å²) in [4.78, 5) is 22.0. The van der Waals surface area contributed by atoms with Gasteiger partial charge in [-0.25, -0.2) is 0 Å². The minimum atomic E-state index is -0.510. The fraction of sp³-hybridized carbons (Fsp3) is 0.188. The van der Waals surface area contributed by atoms with Gasteiger partial charge >= 0.3 is 0 Å². The van der Waals surface area contributed by atoms with Crippen molar-refractivity contribution >= 4 is 11.6 Å². The Morgan fingerprint density at radius 2 is 1.95 bits per heavy atom. The van der Waals surface area contributed by atoms with Crippen molar-refractivity contribution < 1.29 is 14.5 Å². The van der Waals surface area contributed by atoms with E-state index in [0.717, 1.165) is 5.56 Å². The van der Waals surface area contributed by atoms with Gasteiger partial charge in [-0.2, -0.15) is 0 Å². The van der Waals surface area contributed by atoms with E-state index in [1.54, 1.807) is 6.07 Å². The predicted octanol–water partition coefficient (Wildman–Crippen LogP) is 2.85. The number of nitrogens with zero attached hydrogens (tertiary/aromatic N) is 1. The quantitative estimate of drug-likeness (QED) is 0.657. The van der Waals surface area contributed by atoms with Crippen LogP contribution in [0.3, 0.4) is 0 Å². The molecule has 0 heterocycles. The number of amides is 1. The van der Waals surface area contributed by atoms with Crippen LogP contribution in [0.25, 0.3) is 0 Å². The van der Waals surface area contributed by atoms with E-state index in [9.17, 15) is 14.9 Å². The molecule has 0 bridgehead atoms. The first-order chi connectivity index (χ1) is 10.6. The smallest absolute Gasteiger partial charge is 0.273 e. The van der Waals surface area contributed by atoms with Gasteiger partial charge in [0.1, 0.15) is 5.75 Å². The Hall–Kier alpha value is -2.89. The number of non-ortho nitro benzene ring substituents is 1. The van der Waals surface area contributed by atoms with Crippen LogP contribution in [-0.2, 0) is 4.79 Å². The van der Waals surface area contributed by atoms with Gasteiger partial charge in [-0.05, 0) is 18.6 Å². The highest BCUT2D eigenvalue weighted by Crippen LogP contribution is 2.19. The molecule has 0 radical (unpaired) electrons. The van der Waals surface area contributed by atoms with Crippen molar-refractivity contribution in [2.75, 3.05) is 6.61 Å². The van der Waals surface area contributed by atoms with E-state index < -0.39 is 4.92 Å². The summed E-state index contributed by atoms with van der Waals surface area (Å²) in [6, 6.07) is 15.1. The van der Waals surface area contributed by atoms with Gasteiger partial charge in [0.2, 0.25) is 0 Å². The molecule has 2 aromatic carbocycles. The zero-order valence-corrected chi connectivity index (χ0v) is 12.1. The largest absolute Gasteiger partial charge is 0.484 e. The number of benzene rings is 2. The van der Waals surface area contributed by atoms with Crippen molar-refractivity contribution in [2.45, 2.75) is 13.0 Å². The molecule has 0 fully saturated rings. The lowest BCUT2D eigenvalue weighted by Gasteiger charge is -2.14. The van der Waals surface area contributed by atoms with E-state index in [-0.39, 0.29) is 30.0 Å². The molecule has 2 rings (SSSR count). The Kier molecular flexibility index (Phi) is 5.08. The number of carbonyl (C=O) groups excluding carboxylic acids is 1. The average Bonchev–Trinajstić information content (AvgIpc) is 2.54. The first kappa shape index (κ1) is 15.5. The molecule has 0 aliphatic heterocycles. The Morgan fingerprint density at radius 1 is 1.23 bits per heavy atom. The number of hydrogen-bond donors (Lipinski definition) is 1. The molecule has 0 unspecified atom stereocenters. The van der Waals surface area contributed by atoms with E-state index in [0.29, 0.717) is 0 Å². The lowest BCUT2D eigenvalue weighted by Crippen LogP contribution is -2.31. The van der Waals surface area contributed by atoms with Crippen LogP contribution in [0.4, 0.5) is 5.69 Å². The number of rotatable bonds is 6. The van der Waals surface area contributed by atoms with Crippen LogP contribution in [0.1, 0.15) is 18.5 Å². The van der Waals surface area contributed by atoms with Crippen molar-refractivity contribution in [1.82, 2.24) is 5.32 Å². The SMILES string of the molecule is C[C@H](NC(=O)COc1cccc([N+](=O)[O-])c1)c1ccccc1. The molecule has 6 heteroatoms. The summed E-state index contributed by atoms with van der Waals surface area (Å²) in [6.07, 6.45) is 0. The molecule has 0 aliphatic rings. The van der Waals surface area contributed by atoms with Gasteiger partial charge < -0.3 is 10.1 Å². The van der Waals surface area contributed by atoms with Crippen molar-refractivity contribution in [3.05, 3.63) is 70.3 Å². The number of nitro groups is 1. The maximum atomic E-state index is 11.8. The Morgan fingerprint density at radius 3 is 2.64 bits per heavy atom. The Bertz CT molecular complexity index is 658. The van der Waals surface area contributed by atoms with Crippen LogP contribution in [0.5, 0.6) is 5.75 Å². The molecule has 2 aromatic rings. The molecule has 0 aromatic heterocycles. The summed E-state index contributed by atoms with van der Waals surface area (Å²) in [5.41, 5.74) is 0.918. The topological polar surface area (TPSA) is 81.5 Å². The van der Waals surface area contributed by atoms with Crippen LogP contribution in [0.15, 0.2) is 54.6 Å². The van der Waals surface area contributed by atoms with Gasteiger partial charge in [0.25, 0.3) is 11.6 Å². The van der Waals surface area contributed by atoms with Crippen LogP contribution in [0, 0.1) is 10.1 Å². The van der Waals surface area contributed by atoms with Crippen molar-refractivity contribution in [3.8, 4) is 5.75 Å². The highest BCUT2D eigenvalue weighted by atomic mass is 16.6. The van der Waals surface area contributed by atoms with E-state index in [4.69, 9.17) is 4.74 Å². The molecule has 114 valence electrons. The second-order valence-electron chi connectivity index (χ2n) is 4.74. The summed E-state index contributed by atoms with van der Waals surface area (Å²) < 4.78 is 5.28. The van der Waals surface area contributed by atoms with Crippen molar-refractivity contribution in [1.29, 1.82) is 0 Å². The molecule has 0 spiro atoms. The number of ether oxygens (including phenoxy) is 1. The van der Waals surface area contributed by atoms with Gasteiger partial charge in [-0.15, -0.1) is 0 Å². The van der Waals surface area contributed by atoms with Gasteiger partial charge in [0.05, 0.1) is 17.0 Å². The third-order valence-electron chi connectivity index (χ3n) is 3.08. The maximum Gasteiger partial charge on any atom is 0.273 e. The highest BCUT2D eigenvalue weighted by molar-refractivity contribution is 5.78. The zero-order valence-electron chi connectivity index (χ0n) is 12.1. The van der Waals surface area contributed by atoms with E-state index in [1.165, 1.54) is 18.2 Å². The summed E-state index contributed by atoms with van der Waals surface area (Å²) >= 11 is 0. The summed E-state index contributed by atoms with van der Waals surface area (Å²) in [6.45, 7) is 1.68. The van der Waals surface area contributed by atoms with E-state index in [2.05, 4.69) is 5.32 Å². The van der Waals surface area contributed by atoms with Gasteiger partial charge in [-0.1, -0.05) is 36.4 Å².